The molecule has 0 aromatic carbocycles. The lowest BCUT2D eigenvalue weighted by Crippen LogP contribution is -2.60. The number of carboxylic acids is 1. The number of carbonyl (C=O) groups is 4. The number of hydrogen-bond donors (Lipinski definition) is 2. The fourth-order valence-electron chi connectivity index (χ4n) is 10.4. The number of esters is 3. The fraction of sp³-hybridized carbons (Fsp3) is 0.778. The smallest absolute Gasteiger partial charge is 0.330 e. The largest absolute Gasteiger partial charge is 0.478 e. The summed E-state index contributed by atoms with van der Waals surface area (Å²) >= 11 is 0. The van der Waals surface area contributed by atoms with E-state index in [4.69, 9.17) is 14.2 Å². The summed E-state index contributed by atoms with van der Waals surface area (Å²) in [6, 6.07) is 0. The number of ether oxygens (including phenoxy) is 3. The molecular formula is C36H54O9. The van der Waals surface area contributed by atoms with Crippen molar-refractivity contribution < 1.29 is 43.6 Å². The molecule has 0 aromatic rings. The molecule has 9 heteroatoms. The van der Waals surface area contributed by atoms with E-state index in [1.54, 1.807) is 6.08 Å². The van der Waals surface area contributed by atoms with Crippen molar-refractivity contribution in [3.05, 3.63) is 22.8 Å². The van der Waals surface area contributed by atoms with Gasteiger partial charge in [-0.15, -0.1) is 0 Å². The minimum atomic E-state index is -1.02. The van der Waals surface area contributed by atoms with Gasteiger partial charge in [-0.05, 0) is 79.6 Å². The second kappa shape index (κ2) is 12.2. The first-order chi connectivity index (χ1) is 20.7. The van der Waals surface area contributed by atoms with Gasteiger partial charge in [0.25, 0.3) is 0 Å². The molecule has 2 saturated carbocycles. The predicted octanol–water partition coefficient (Wildman–Crippen LogP) is 6.17. The van der Waals surface area contributed by atoms with Gasteiger partial charge in [0, 0.05) is 43.6 Å². The second-order valence-corrected chi connectivity index (χ2v) is 15.6. The van der Waals surface area contributed by atoms with Crippen LogP contribution < -0.4 is 0 Å². The zero-order valence-electron chi connectivity index (χ0n) is 28.8. The molecular weight excluding hydrogens is 576 g/mol. The average Bonchev–Trinajstić information content (AvgIpc) is 3.13. The lowest BCUT2D eigenvalue weighted by Gasteiger charge is -2.63. The van der Waals surface area contributed by atoms with E-state index in [0.29, 0.717) is 12.8 Å². The third kappa shape index (κ3) is 5.76. The Balaban J connectivity index is 1.81. The summed E-state index contributed by atoms with van der Waals surface area (Å²) in [7, 11) is 0. The van der Waals surface area contributed by atoms with Gasteiger partial charge < -0.3 is 24.4 Å². The Hall–Kier alpha value is -2.68. The van der Waals surface area contributed by atoms with E-state index in [-0.39, 0.29) is 58.6 Å². The monoisotopic (exact) mass is 630 g/mol. The number of aliphatic hydroxyl groups excluding tert-OH is 1. The van der Waals surface area contributed by atoms with Gasteiger partial charge in [-0.25, -0.2) is 4.79 Å². The van der Waals surface area contributed by atoms with E-state index in [0.717, 1.165) is 31.3 Å². The normalized spacial score (nSPS) is 38.6. The SMILES string of the molecule is CC(=O)O[C@@H](C/C=C(\C)C(=O)O)[C@@H](C)[C@H]1C[C@H](O)[C@@]2(C)C3=C(CC[C@]12C)[C@@]1(C)CC[C@H](OC(C)=O)C(C)(C)[C@@H]1C[C@H]3OC(C)=O. The Morgan fingerprint density at radius 3 is 2.11 bits per heavy atom. The average molecular weight is 631 g/mol. The summed E-state index contributed by atoms with van der Waals surface area (Å²) in [4.78, 5) is 48.3. The molecule has 0 heterocycles. The highest BCUT2D eigenvalue weighted by Gasteiger charge is 2.69. The highest BCUT2D eigenvalue weighted by Crippen LogP contribution is 2.73. The van der Waals surface area contributed by atoms with Gasteiger partial charge >= 0.3 is 23.9 Å². The van der Waals surface area contributed by atoms with Crippen molar-refractivity contribution in [3.8, 4) is 0 Å². The summed E-state index contributed by atoms with van der Waals surface area (Å²) in [6.45, 7) is 18.8. The first kappa shape index (κ1) is 35.2. The third-order valence-electron chi connectivity index (χ3n) is 13.0. The highest BCUT2D eigenvalue weighted by molar-refractivity contribution is 5.85. The molecule has 0 saturated heterocycles. The number of carbonyl (C=O) groups excluding carboxylic acids is 3. The van der Waals surface area contributed by atoms with Crippen molar-refractivity contribution in [2.45, 2.75) is 139 Å². The van der Waals surface area contributed by atoms with Crippen LogP contribution in [0.1, 0.15) is 114 Å². The molecule has 0 aliphatic heterocycles. The number of fused-ring (bicyclic) bond motifs is 4. The van der Waals surface area contributed by atoms with Crippen LogP contribution >= 0.6 is 0 Å². The Morgan fingerprint density at radius 2 is 1.56 bits per heavy atom. The standard InChI is InChI=1S/C36H54O9/c1-19(32(41)42)11-12-26(43-21(3)37)20(2)25-17-29(40)36(10)31-24(13-16-35(25,36)9)34(8)15-14-30(45-23(5)39)33(6,7)28(34)18-27(31)44-22(4)38/h11,20,25-30,40H,12-18H2,1-10H3,(H,41,42)/b19-11+/t20-,25+,26-,27+,28-,29-,30-,34+,35+,36-/m0/s1. The third-order valence-corrected chi connectivity index (χ3v) is 13.0. The molecule has 0 unspecified atom stereocenters. The van der Waals surface area contributed by atoms with Crippen molar-refractivity contribution in [3.63, 3.8) is 0 Å². The molecule has 10 atom stereocenters. The number of hydrogen-bond acceptors (Lipinski definition) is 8. The summed E-state index contributed by atoms with van der Waals surface area (Å²) < 4.78 is 17.8. The van der Waals surface area contributed by atoms with Crippen LogP contribution in [0, 0.1) is 39.4 Å². The second-order valence-electron chi connectivity index (χ2n) is 15.6. The van der Waals surface area contributed by atoms with Crippen LogP contribution in [0.4, 0.5) is 0 Å². The van der Waals surface area contributed by atoms with Crippen molar-refractivity contribution in [1.82, 2.24) is 0 Å². The molecule has 0 spiro atoms. The molecule has 2 N–H and O–H groups in total. The summed E-state index contributed by atoms with van der Waals surface area (Å²) in [5.74, 6) is -2.24. The molecule has 252 valence electrons. The van der Waals surface area contributed by atoms with E-state index in [1.165, 1.54) is 33.3 Å². The maximum absolute atomic E-state index is 12.6. The number of rotatable bonds is 8. The number of aliphatic carboxylic acids is 1. The quantitative estimate of drug-likeness (QED) is 0.140. The molecule has 4 aliphatic rings. The van der Waals surface area contributed by atoms with Crippen LogP contribution in [-0.2, 0) is 33.4 Å². The predicted molar refractivity (Wildman–Crippen MR) is 168 cm³/mol. The van der Waals surface area contributed by atoms with Crippen LogP contribution in [0.2, 0.25) is 0 Å². The first-order valence-electron chi connectivity index (χ1n) is 16.6. The summed E-state index contributed by atoms with van der Waals surface area (Å²) in [5.41, 5.74) is 0.789. The molecule has 9 nitrogen and oxygen atoms in total. The number of carboxylic acid groups (broad SMARTS) is 1. The van der Waals surface area contributed by atoms with Crippen LogP contribution in [0.5, 0.6) is 0 Å². The van der Waals surface area contributed by atoms with E-state index >= 15 is 0 Å². The highest BCUT2D eigenvalue weighted by atomic mass is 16.6. The topological polar surface area (TPSA) is 136 Å². The van der Waals surface area contributed by atoms with Gasteiger partial charge in [0.2, 0.25) is 0 Å². The van der Waals surface area contributed by atoms with Gasteiger partial charge in [0.15, 0.2) is 0 Å². The zero-order valence-corrected chi connectivity index (χ0v) is 28.8. The molecule has 45 heavy (non-hydrogen) atoms. The van der Waals surface area contributed by atoms with Gasteiger partial charge in [0.1, 0.15) is 18.3 Å². The van der Waals surface area contributed by atoms with Crippen molar-refractivity contribution in [2.75, 3.05) is 0 Å². The summed E-state index contributed by atoms with van der Waals surface area (Å²) in [5, 5.41) is 21.5. The Labute approximate surface area is 268 Å². The first-order valence-corrected chi connectivity index (χ1v) is 16.6. The van der Waals surface area contributed by atoms with E-state index in [1.807, 2.05) is 6.92 Å². The Bertz CT molecular complexity index is 1290. The number of allylic oxidation sites excluding steroid dienone is 1. The van der Waals surface area contributed by atoms with Crippen molar-refractivity contribution >= 4 is 23.9 Å². The maximum Gasteiger partial charge on any atom is 0.330 e. The van der Waals surface area contributed by atoms with Crippen LogP contribution in [-0.4, -0.2) is 58.5 Å². The van der Waals surface area contributed by atoms with Gasteiger partial charge in [-0.2, -0.15) is 0 Å². The molecule has 0 radical (unpaired) electrons. The van der Waals surface area contributed by atoms with Gasteiger partial charge in [0.05, 0.1) is 6.10 Å². The van der Waals surface area contributed by atoms with E-state index in [9.17, 15) is 29.4 Å². The molecule has 4 aliphatic carbocycles. The molecule has 2 fully saturated rings. The molecule has 0 bridgehead atoms. The molecule has 4 rings (SSSR count). The lowest BCUT2D eigenvalue weighted by atomic mass is 9.42. The van der Waals surface area contributed by atoms with Gasteiger partial charge in [-0.3, -0.25) is 14.4 Å². The van der Waals surface area contributed by atoms with Crippen LogP contribution in [0.15, 0.2) is 22.8 Å². The van der Waals surface area contributed by atoms with E-state index in [2.05, 4.69) is 34.6 Å². The molecule has 0 aromatic heterocycles. The fourth-order valence-corrected chi connectivity index (χ4v) is 10.4. The summed E-state index contributed by atoms with van der Waals surface area (Å²) in [6.07, 6.45) is 4.04. The minimum absolute atomic E-state index is 0.0471. The lowest BCUT2D eigenvalue weighted by molar-refractivity contribution is -0.173. The van der Waals surface area contributed by atoms with Gasteiger partial charge in [-0.1, -0.05) is 53.2 Å². The van der Waals surface area contributed by atoms with Crippen LogP contribution in [0.25, 0.3) is 0 Å². The molecule has 0 amide bonds. The zero-order chi connectivity index (χ0) is 33.9. The van der Waals surface area contributed by atoms with Crippen LogP contribution in [0.3, 0.4) is 0 Å². The number of aliphatic hydroxyl groups is 1. The van der Waals surface area contributed by atoms with Crippen molar-refractivity contribution in [1.29, 1.82) is 0 Å². The Morgan fingerprint density at radius 1 is 0.933 bits per heavy atom. The van der Waals surface area contributed by atoms with Crippen molar-refractivity contribution in [2.24, 2.45) is 39.4 Å². The van der Waals surface area contributed by atoms with E-state index < -0.39 is 41.1 Å². The minimum Gasteiger partial charge on any atom is -0.478 e. The Kier molecular flexibility index (Phi) is 9.51. The maximum atomic E-state index is 12.6.